The van der Waals surface area contributed by atoms with Crippen LogP contribution in [-0.4, -0.2) is 62.0 Å². The first-order chi connectivity index (χ1) is 15.3. The summed E-state index contributed by atoms with van der Waals surface area (Å²) in [5, 5.41) is 9.04. The van der Waals surface area contributed by atoms with Crippen molar-refractivity contribution in [1.82, 2.24) is 14.7 Å². The lowest BCUT2D eigenvalue weighted by molar-refractivity contribution is -0.133. The molecule has 1 amide bonds. The molecule has 174 valence electrons. The highest BCUT2D eigenvalue weighted by Gasteiger charge is 2.36. The first-order valence-corrected chi connectivity index (χ1v) is 12.2. The van der Waals surface area contributed by atoms with Gasteiger partial charge in [-0.05, 0) is 75.3 Å². The number of hydrogen-bond donors (Lipinski definition) is 2. The number of amides is 1. The normalized spacial score (nSPS) is 17.7. The highest BCUT2D eigenvalue weighted by Crippen LogP contribution is 2.28. The Hall–Kier alpha value is -2.46. The van der Waals surface area contributed by atoms with Crippen LogP contribution in [0.1, 0.15) is 31.2 Å². The summed E-state index contributed by atoms with van der Waals surface area (Å²) < 4.78 is 33.5. The van der Waals surface area contributed by atoms with Gasteiger partial charge in [0.15, 0.2) is 0 Å². The Kier molecular flexibility index (Phi) is 8.25. The summed E-state index contributed by atoms with van der Waals surface area (Å²) in [6, 6.07) is 13.1. The summed E-state index contributed by atoms with van der Waals surface area (Å²) in [7, 11) is 0.178. The number of carbonyl (C=O) groups is 1. The molecule has 1 heterocycles. The number of hydroxylamine groups is 1. The second kappa shape index (κ2) is 10.9. The van der Waals surface area contributed by atoms with Gasteiger partial charge in [0.05, 0.1) is 4.90 Å². The Morgan fingerprint density at radius 1 is 1.06 bits per heavy atom. The molecule has 0 radical (unpaired) electrons. The summed E-state index contributed by atoms with van der Waals surface area (Å²) >= 11 is 0. The number of nitrogens with zero attached hydrogens (tertiary/aromatic N) is 2. The van der Waals surface area contributed by atoms with E-state index in [1.807, 2.05) is 38.4 Å². The molecule has 1 saturated heterocycles. The maximum absolute atomic E-state index is 13.2. The number of rotatable bonds is 8. The molecule has 9 heteroatoms. The number of benzene rings is 2. The Balaban J connectivity index is 1.71. The number of carbonyl (C=O) groups excluding carboxylic acids is 1. The van der Waals surface area contributed by atoms with Crippen LogP contribution in [0.3, 0.4) is 0 Å². The van der Waals surface area contributed by atoms with E-state index in [0.29, 0.717) is 24.3 Å². The molecule has 1 atom stereocenters. The zero-order valence-corrected chi connectivity index (χ0v) is 19.3. The Bertz CT molecular complexity index is 991. The molecule has 2 aromatic carbocycles. The monoisotopic (exact) mass is 461 g/mol. The summed E-state index contributed by atoms with van der Waals surface area (Å²) in [4.78, 5) is 14.3. The van der Waals surface area contributed by atoms with E-state index in [1.54, 1.807) is 17.6 Å². The quantitative estimate of drug-likeness (QED) is 0.463. The van der Waals surface area contributed by atoms with E-state index in [2.05, 4.69) is 4.90 Å². The molecular weight excluding hydrogens is 430 g/mol. The van der Waals surface area contributed by atoms with Crippen molar-refractivity contribution in [2.45, 2.75) is 43.0 Å². The molecule has 32 heavy (non-hydrogen) atoms. The van der Waals surface area contributed by atoms with E-state index in [1.165, 1.54) is 22.0 Å². The molecule has 3 rings (SSSR count). The molecule has 0 aliphatic carbocycles. The first-order valence-electron chi connectivity index (χ1n) is 10.8. The molecule has 1 aliphatic heterocycles. The van der Waals surface area contributed by atoms with Crippen molar-refractivity contribution in [3.05, 3.63) is 54.1 Å². The number of hydrogen-bond acceptors (Lipinski definition) is 6. The third kappa shape index (κ3) is 6.07. The smallest absolute Gasteiger partial charge is 0.261 e. The van der Waals surface area contributed by atoms with E-state index < -0.39 is 22.0 Å². The van der Waals surface area contributed by atoms with Gasteiger partial charge in [0, 0.05) is 13.1 Å². The largest absolute Gasteiger partial charge is 0.457 e. The average Bonchev–Trinajstić information content (AvgIpc) is 3.05. The van der Waals surface area contributed by atoms with Crippen LogP contribution < -0.4 is 10.2 Å². The van der Waals surface area contributed by atoms with Gasteiger partial charge in [-0.25, -0.2) is 13.9 Å². The Morgan fingerprint density at radius 2 is 1.69 bits per heavy atom. The minimum Gasteiger partial charge on any atom is -0.457 e. The number of likely N-dealkylation sites (N-methyl/N-ethyl adjacent to an activating group) is 1. The van der Waals surface area contributed by atoms with Crippen LogP contribution in [0.15, 0.2) is 53.4 Å². The molecule has 0 aromatic heterocycles. The molecular formula is C23H31N3O5S. The fourth-order valence-corrected chi connectivity index (χ4v) is 5.39. The van der Waals surface area contributed by atoms with E-state index in [9.17, 15) is 13.2 Å². The van der Waals surface area contributed by atoms with Crippen LogP contribution in [0.2, 0.25) is 0 Å². The van der Waals surface area contributed by atoms with Crippen LogP contribution in [0.5, 0.6) is 11.5 Å². The topological polar surface area (TPSA) is 99.2 Å². The molecule has 0 spiro atoms. The van der Waals surface area contributed by atoms with Gasteiger partial charge in [-0.3, -0.25) is 10.0 Å². The Morgan fingerprint density at radius 3 is 2.28 bits per heavy atom. The van der Waals surface area contributed by atoms with Crippen LogP contribution in [0, 0.1) is 0 Å². The SMILES string of the molecule is CN(C)CCc1ccc(Oc2ccc(S(=O)(=O)N3CCCCC[C@@H]3C(=O)NO)cc2)cc1. The van der Waals surface area contributed by atoms with Gasteiger partial charge < -0.3 is 9.64 Å². The molecule has 0 unspecified atom stereocenters. The standard InChI is InChI=1S/C23H31N3O5S/c1-25(2)17-15-18-7-9-19(10-8-18)31-20-11-13-21(14-12-20)32(29,30)26-16-5-3-4-6-22(26)23(27)24-28/h7-14,22,28H,3-6,15-17H2,1-2H3,(H,24,27)/t22-/m1/s1. The second-order valence-corrected chi connectivity index (χ2v) is 10.1. The van der Waals surface area contributed by atoms with Gasteiger partial charge in [-0.15, -0.1) is 0 Å². The summed E-state index contributed by atoms with van der Waals surface area (Å²) in [6.07, 6.45) is 3.55. The lowest BCUT2D eigenvalue weighted by Gasteiger charge is -2.27. The minimum absolute atomic E-state index is 0.0847. The van der Waals surface area contributed by atoms with Crippen LogP contribution in [-0.2, 0) is 21.2 Å². The molecule has 2 aromatic rings. The van der Waals surface area contributed by atoms with Gasteiger partial charge in [0.2, 0.25) is 10.0 Å². The average molecular weight is 462 g/mol. The minimum atomic E-state index is -3.90. The van der Waals surface area contributed by atoms with Gasteiger partial charge in [0.1, 0.15) is 17.5 Å². The second-order valence-electron chi connectivity index (χ2n) is 8.23. The van der Waals surface area contributed by atoms with Gasteiger partial charge in [-0.1, -0.05) is 25.0 Å². The molecule has 1 aliphatic rings. The zero-order valence-electron chi connectivity index (χ0n) is 18.5. The summed E-state index contributed by atoms with van der Waals surface area (Å²) in [5.41, 5.74) is 2.82. The lowest BCUT2D eigenvalue weighted by atomic mass is 10.1. The third-order valence-electron chi connectivity index (χ3n) is 5.55. The van der Waals surface area contributed by atoms with Gasteiger partial charge >= 0.3 is 0 Å². The maximum Gasteiger partial charge on any atom is 0.261 e. The van der Waals surface area contributed by atoms with Crippen molar-refractivity contribution in [2.24, 2.45) is 0 Å². The molecule has 0 saturated carbocycles. The molecule has 8 nitrogen and oxygen atoms in total. The van der Waals surface area contributed by atoms with Crippen molar-refractivity contribution in [3.63, 3.8) is 0 Å². The Labute approximate surface area is 189 Å². The first kappa shape index (κ1) is 24.2. The van der Waals surface area contributed by atoms with Crippen molar-refractivity contribution in [3.8, 4) is 11.5 Å². The highest BCUT2D eigenvalue weighted by molar-refractivity contribution is 7.89. The highest BCUT2D eigenvalue weighted by atomic mass is 32.2. The number of sulfonamides is 1. The predicted octanol–water partition coefficient (Wildman–Crippen LogP) is 3.02. The predicted molar refractivity (Wildman–Crippen MR) is 121 cm³/mol. The van der Waals surface area contributed by atoms with Gasteiger partial charge in [-0.2, -0.15) is 4.31 Å². The van der Waals surface area contributed by atoms with Gasteiger partial charge in [0.25, 0.3) is 5.91 Å². The van der Waals surface area contributed by atoms with Crippen molar-refractivity contribution < 1.29 is 23.2 Å². The van der Waals surface area contributed by atoms with Crippen LogP contribution in [0.4, 0.5) is 0 Å². The molecule has 2 N–H and O–H groups in total. The lowest BCUT2D eigenvalue weighted by Crippen LogP contribution is -2.48. The molecule has 1 fully saturated rings. The fourth-order valence-electron chi connectivity index (χ4n) is 3.73. The maximum atomic E-state index is 13.2. The van der Waals surface area contributed by atoms with E-state index >= 15 is 0 Å². The number of nitrogens with one attached hydrogen (secondary N) is 1. The number of ether oxygens (including phenoxy) is 1. The van der Waals surface area contributed by atoms with Crippen molar-refractivity contribution in [2.75, 3.05) is 27.2 Å². The van der Waals surface area contributed by atoms with E-state index in [0.717, 1.165) is 25.8 Å². The van der Waals surface area contributed by atoms with Crippen LogP contribution >= 0.6 is 0 Å². The third-order valence-corrected chi connectivity index (χ3v) is 7.48. The molecule has 0 bridgehead atoms. The summed E-state index contributed by atoms with van der Waals surface area (Å²) in [6.45, 7) is 1.20. The van der Waals surface area contributed by atoms with E-state index in [-0.39, 0.29) is 11.4 Å². The van der Waals surface area contributed by atoms with Crippen molar-refractivity contribution >= 4 is 15.9 Å². The fraction of sp³-hybridized carbons (Fsp3) is 0.435. The van der Waals surface area contributed by atoms with Crippen LogP contribution in [0.25, 0.3) is 0 Å². The zero-order chi connectivity index (χ0) is 23.1. The van der Waals surface area contributed by atoms with E-state index in [4.69, 9.17) is 9.94 Å². The van der Waals surface area contributed by atoms with Crippen molar-refractivity contribution in [1.29, 1.82) is 0 Å². The summed E-state index contributed by atoms with van der Waals surface area (Å²) in [5.74, 6) is 0.483.